The van der Waals surface area contributed by atoms with Crippen molar-refractivity contribution in [2.45, 2.75) is 38.1 Å². The molecule has 2 unspecified atom stereocenters. The van der Waals surface area contributed by atoms with E-state index in [0.717, 1.165) is 13.0 Å². The van der Waals surface area contributed by atoms with Crippen LogP contribution >= 0.6 is 0 Å². The second-order valence-electron chi connectivity index (χ2n) is 5.56. The Morgan fingerprint density at radius 3 is 3.06 bits per heavy atom. The molecule has 0 aromatic heterocycles. The van der Waals surface area contributed by atoms with Crippen LogP contribution in [0, 0.1) is 5.92 Å². The van der Waals surface area contributed by atoms with Gasteiger partial charge in [0, 0.05) is 6.04 Å². The molecule has 1 heterocycles. The van der Waals surface area contributed by atoms with Gasteiger partial charge in [-0.1, -0.05) is 19.9 Å². The summed E-state index contributed by atoms with van der Waals surface area (Å²) in [5.41, 5.74) is 3.02. The first kappa shape index (κ1) is 10.2. The molecular weight excluding hydrogens is 198 g/mol. The van der Waals surface area contributed by atoms with Crippen LogP contribution in [0.15, 0.2) is 18.2 Å². The van der Waals surface area contributed by atoms with Crippen LogP contribution < -0.4 is 5.32 Å². The summed E-state index contributed by atoms with van der Waals surface area (Å²) in [5.74, 6) is 1.06. The van der Waals surface area contributed by atoms with Crippen LogP contribution in [-0.4, -0.2) is 17.7 Å². The quantitative estimate of drug-likeness (QED) is 0.698. The third-order valence-electron chi connectivity index (χ3n) is 4.81. The van der Waals surface area contributed by atoms with Gasteiger partial charge in [0.1, 0.15) is 5.75 Å². The van der Waals surface area contributed by atoms with Crippen LogP contribution in [0.3, 0.4) is 0 Å². The van der Waals surface area contributed by atoms with Crippen molar-refractivity contribution in [2.75, 3.05) is 6.54 Å². The molecule has 16 heavy (non-hydrogen) atoms. The highest BCUT2D eigenvalue weighted by molar-refractivity contribution is 5.44. The monoisotopic (exact) mass is 217 g/mol. The van der Waals surface area contributed by atoms with Gasteiger partial charge in [0.2, 0.25) is 0 Å². The Bertz CT molecular complexity index is 429. The van der Waals surface area contributed by atoms with Crippen molar-refractivity contribution < 1.29 is 5.11 Å². The summed E-state index contributed by atoms with van der Waals surface area (Å²) in [6.45, 7) is 5.79. The first-order chi connectivity index (χ1) is 7.61. The van der Waals surface area contributed by atoms with Gasteiger partial charge in [0.15, 0.2) is 0 Å². The lowest BCUT2D eigenvalue weighted by Crippen LogP contribution is -2.56. The van der Waals surface area contributed by atoms with Crippen LogP contribution in [0.1, 0.15) is 31.4 Å². The van der Waals surface area contributed by atoms with E-state index in [1.54, 1.807) is 0 Å². The number of aromatic hydroxyl groups is 1. The number of fused-ring (bicyclic) bond motifs is 4. The van der Waals surface area contributed by atoms with Crippen LogP contribution in [0.5, 0.6) is 5.75 Å². The van der Waals surface area contributed by atoms with E-state index < -0.39 is 0 Å². The van der Waals surface area contributed by atoms with Crippen molar-refractivity contribution in [3.8, 4) is 5.75 Å². The first-order valence-corrected chi connectivity index (χ1v) is 6.17. The number of hydrogen-bond acceptors (Lipinski definition) is 2. The van der Waals surface area contributed by atoms with Gasteiger partial charge in [0.25, 0.3) is 0 Å². The maximum atomic E-state index is 9.67. The maximum absolute atomic E-state index is 9.67. The number of nitrogens with one attached hydrogen (secondary N) is 1. The van der Waals surface area contributed by atoms with E-state index >= 15 is 0 Å². The highest BCUT2D eigenvalue weighted by atomic mass is 16.3. The number of phenolic OH excluding ortho intramolecular Hbond substituents is 1. The number of rotatable bonds is 0. The minimum atomic E-state index is 0.238. The smallest absolute Gasteiger partial charge is 0.115 e. The second kappa shape index (κ2) is 3.24. The average Bonchev–Trinajstić information content (AvgIpc) is 2.25. The molecule has 1 aliphatic carbocycles. The summed E-state index contributed by atoms with van der Waals surface area (Å²) in [7, 11) is 0. The molecule has 2 bridgehead atoms. The van der Waals surface area contributed by atoms with E-state index in [1.165, 1.54) is 17.5 Å². The fourth-order valence-electron chi connectivity index (χ4n) is 3.51. The van der Waals surface area contributed by atoms with Crippen molar-refractivity contribution in [2.24, 2.45) is 5.92 Å². The third-order valence-corrected chi connectivity index (χ3v) is 4.81. The lowest BCUT2D eigenvalue weighted by molar-refractivity contribution is 0.158. The standard InChI is InChI=1S/C14H19NO/c1-9-13-7-10-3-4-11(16)8-12(10)14(9,2)5-6-15-13/h3-4,8-9,13,15-16H,5-7H2,1-2H3/t9?,13?,14-/m1/s1. The van der Waals surface area contributed by atoms with E-state index in [0.29, 0.717) is 17.7 Å². The van der Waals surface area contributed by atoms with E-state index in [4.69, 9.17) is 0 Å². The molecule has 1 aromatic carbocycles. The fourth-order valence-corrected chi connectivity index (χ4v) is 3.51. The minimum Gasteiger partial charge on any atom is -0.508 e. The molecule has 0 saturated carbocycles. The zero-order valence-electron chi connectivity index (χ0n) is 9.96. The van der Waals surface area contributed by atoms with Gasteiger partial charge in [0.05, 0.1) is 0 Å². The molecule has 2 heteroatoms. The van der Waals surface area contributed by atoms with Crippen molar-refractivity contribution >= 4 is 0 Å². The summed E-state index contributed by atoms with van der Waals surface area (Å²) < 4.78 is 0. The summed E-state index contributed by atoms with van der Waals surface area (Å²) in [6.07, 6.45) is 2.27. The topological polar surface area (TPSA) is 32.3 Å². The van der Waals surface area contributed by atoms with Crippen LogP contribution in [0.2, 0.25) is 0 Å². The maximum Gasteiger partial charge on any atom is 0.115 e. The van der Waals surface area contributed by atoms with E-state index in [1.807, 2.05) is 12.1 Å². The molecule has 0 spiro atoms. The number of hydrogen-bond donors (Lipinski definition) is 2. The summed E-state index contributed by atoms with van der Waals surface area (Å²) in [5, 5.41) is 13.3. The van der Waals surface area contributed by atoms with Gasteiger partial charge in [-0.05, 0) is 54.0 Å². The normalized spacial score (nSPS) is 36.9. The largest absolute Gasteiger partial charge is 0.508 e. The Morgan fingerprint density at radius 1 is 1.44 bits per heavy atom. The first-order valence-electron chi connectivity index (χ1n) is 6.17. The van der Waals surface area contributed by atoms with Crippen LogP contribution in [0.4, 0.5) is 0 Å². The van der Waals surface area contributed by atoms with Crippen LogP contribution in [-0.2, 0) is 11.8 Å². The fraction of sp³-hybridized carbons (Fsp3) is 0.571. The van der Waals surface area contributed by atoms with E-state index in [2.05, 4.69) is 25.2 Å². The van der Waals surface area contributed by atoms with Crippen LogP contribution in [0.25, 0.3) is 0 Å². The number of benzene rings is 1. The average molecular weight is 217 g/mol. The van der Waals surface area contributed by atoms with E-state index in [-0.39, 0.29) is 5.41 Å². The highest BCUT2D eigenvalue weighted by Gasteiger charge is 2.45. The molecule has 0 radical (unpaired) electrons. The van der Waals surface area contributed by atoms with Crippen molar-refractivity contribution in [3.63, 3.8) is 0 Å². The van der Waals surface area contributed by atoms with Gasteiger partial charge in [-0.2, -0.15) is 0 Å². The molecule has 1 saturated heterocycles. The Balaban J connectivity index is 2.18. The summed E-state index contributed by atoms with van der Waals surface area (Å²) >= 11 is 0. The molecule has 2 nitrogen and oxygen atoms in total. The molecule has 86 valence electrons. The highest BCUT2D eigenvalue weighted by Crippen LogP contribution is 2.46. The molecule has 0 amide bonds. The molecule has 1 aliphatic heterocycles. The number of phenols is 1. The second-order valence-corrected chi connectivity index (χ2v) is 5.56. The van der Waals surface area contributed by atoms with Gasteiger partial charge >= 0.3 is 0 Å². The third kappa shape index (κ3) is 1.23. The Morgan fingerprint density at radius 2 is 2.25 bits per heavy atom. The Kier molecular flexibility index (Phi) is 2.05. The Labute approximate surface area is 96.7 Å². The zero-order chi connectivity index (χ0) is 11.3. The summed E-state index contributed by atoms with van der Waals surface area (Å²) in [4.78, 5) is 0. The predicted molar refractivity (Wildman–Crippen MR) is 64.7 cm³/mol. The van der Waals surface area contributed by atoms with E-state index in [9.17, 15) is 5.11 Å². The molecule has 2 N–H and O–H groups in total. The van der Waals surface area contributed by atoms with Crippen molar-refractivity contribution in [1.29, 1.82) is 0 Å². The minimum absolute atomic E-state index is 0.238. The zero-order valence-corrected chi connectivity index (χ0v) is 9.96. The van der Waals surface area contributed by atoms with Gasteiger partial charge in [-0.25, -0.2) is 0 Å². The molecule has 1 aromatic rings. The lowest BCUT2D eigenvalue weighted by atomic mass is 9.59. The molecule has 3 rings (SSSR count). The van der Waals surface area contributed by atoms with Gasteiger partial charge in [-0.15, -0.1) is 0 Å². The molecule has 1 fully saturated rings. The van der Waals surface area contributed by atoms with Crippen molar-refractivity contribution in [1.82, 2.24) is 5.32 Å². The SMILES string of the molecule is CC1C2Cc3ccc(O)cc3[C@]1(C)CCN2. The van der Waals surface area contributed by atoms with Gasteiger partial charge in [-0.3, -0.25) is 0 Å². The Hall–Kier alpha value is -1.02. The lowest BCUT2D eigenvalue weighted by Gasteiger charge is -2.50. The number of piperidine rings is 1. The summed E-state index contributed by atoms with van der Waals surface area (Å²) in [6, 6.07) is 6.49. The molecule has 3 atom stereocenters. The predicted octanol–water partition coefficient (Wildman–Crippen LogP) is 2.20. The van der Waals surface area contributed by atoms with Gasteiger partial charge < -0.3 is 10.4 Å². The molecular formula is C14H19NO. The molecule has 2 aliphatic rings. The van der Waals surface area contributed by atoms with Crippen molar-refractivity contribution in [3.05, 3.63) is 29.3 Å².